The highest BCUT2D eigenvalue weighted by Crippen LogP contribution is 2.28. The summed E-state index contributed by atoms with van der Waals surface area (Å²) in [5.74, 6) is 2.98. The van der Waals surface area contributed by atoms with E-state index >= 15 is 0 Å². The highest BCUT2D eigenvalue weighted by atomic mass is 16.5. The van der Waals surface area contributed by atoms with Crippen LogP contribution in [0.2, 0.25) is 0 Å². The van der Waals surface area contributed by atoms with Gasteiger partial charge in [0.05, 0.1) is 20.0 Å². The first kappa shape index (κ1) is 24.1. The summed E-state index contributed by atoms with van der Waals surface area (Å²) in [5.41, 5.74) is 1.18. The molecule has 0 unspecified atom stereocenters. The van der Waals surface area contributed by atoms with Gasteiger partial charge in [-0.3, -0.25) is 4.79 Å². The summed E-state index contributed by atoms with van der Waals surface area (Å²) in [6.45, 7) is 4.02. The molecule has 0 fully saturated rings. The zero-order valence-electron chi connectivity index (χ0n) is 18.9. The number of rotatable bonds is 12. The smallest absolute Gasteiger partial charge is 0.243 e. The molecular formula is C23H34N4O4. The fourth-order valence-corrected chi connectivity index (χ4v) is 2.87. The molecule has 0 aliphatic carbocycles. The normalized spacial score (nSPS) is 11.2. The Balaban J connectivity index is 1.85. The number of benzene rings is 1. The average molecular weight is 431 g/mol. The van der Waals surface area contributed by atoms with E-state index in [0.29, 0.717) is 19.1 Å². The summed E-state index contributed by atoms with van der Waals surface area (Å²) < 4.78 is 16.3. The van der Waals surface area contributed by atoms with E-state index < -0.39 is 0 Å². The summed E-state index contributed by atoms with van der Waals surface area (Å²) in [7, 11) is 5.09. The predicted molar refractivity (Wildman–Crippen MR) is 122 cm³/mol. The van der Waals surface area contributed by atoms with E-state index in [-0.39, 0.29) is 12.5 Å². The standard InChI is InChI=1S/C23H34N4O4/c1-5-30-21-16-18(10-11-20(21)29-4)8-6-13-24-23(26-17-22(28)27(2)3)25-14-12-19-9-7-15-31-19/h7,9-11,15-16H,5-6,8,12-14,17H2,1-4H3,(H2,24,25,26). The number of aryl methyl sites for hydroxylation is 1. The molecule has 0 aliphatic rings. The molecule has 1 heterocycles. The molecule has 1 amide bonds. The van der Waals surface area contributed by atoms with E-state index in [9.17, 15) is 4.79 Å². The molecule has 2 aromatic rings. The largest absolute Gasteiger partial charge is 0.493 e. The number of aliphatic imine (C=N–C) groups is 1. The maximum atomic E-state index is 11.9. The fraction of sp³-hybridized carbons (Fsp3) is 0.478. The van der Waals surface area contributed by atoms with Crippen LogP contribution >= 0.6 is 0 Å². The minimum absolute atomic E-state index is 0.0474. The summed E-state index contributed by atoms with van der Waals surface area (Å²) in [6.07, 6.45) is 4.18. The molecule has 1 aromatic carbocycles. The van der Waals surface area contributed by atoms with E-state index in [4.69, 9.17) is 13.9 Å². The molecule has 0 saturated heterocycles. The van der Waals surface area contributed by atoms with Crippen molar-refractivity contribution in [3.63, 3.8) is 0 Å². The number of ether oxygens (including phenoxy) is 2. The molecular weight excluding hydrogens is 396 g/mol. The number of nitrogens with zero attached hydrogens (tertiary/aromatic N) is 2. The van der Waals surface area contributed by atoms with Crippen LogP contribution in [0.1, 0.15) is 24.7 Å². The summed E-state index contributed by atoms with van der Waals surface area (Å²) >= 11 is 0. The van der Waals surface area contributed by atoms with Crippen molar-refractivity contribution in [1.29, 1.82) is 0 Å². The Hall–Kier alpha value is -3.16. The van der Waals surface area contributed by atoms with Gasteiger partial charge in [0, 0.05) is 33.6 Å². The number of carbonyl (C=O) groups is 1. The third kappa shape index (κ3) is 8.62. The second-order valence-corrected chi connectivity index (χ2v) is 7.16. The Kier molecular flexibility index (Phi) is 10.3. The van der Waals surface area contributed by atoms with Crippen LogP contribution in [0.4, 0.5) is 0 Å². The molecule has 0 spiro atoms. The van der Waals surface area contributed by atoms with Crippen LogP contribution in [0.25, 0.3) is 0 Å². The van der Waals surface area contributed by atoms with Crippen molar-refractivity contribution in [3.8, 4) is 11.5 Å². The number of hydrogen-bond donors (Lipinski definition) is 2. The Morgan fingerprint density at radius 2 is 1.94 bits per heavy atom. The number of amides is 1. The molecule has 2 N–H and O–H groups in total. The Morgan fingerprint density at radius 3 is 2.61 bits per heavy atom. The van der Waals surface area contributed by atoms with E-state index in [1.165, 1.54) is 10.5 Å². The monoisotopic (exact) mass is 430 g/mol. The Bertz CT molecular complexity index is 819. The van der Waals surface area contributed by atoms with Gasteiger partial charge in [0.15, 0.2) is 17.5 Å². The van der Waals surface area contributed by atoms with Gasteiger partial charge in [-0.15, -0.1) is 0 Å². The molecule has 0 bridgehead atoms. The topological polar surface area (TPSA) is 88.3 Å². The molecule has 8 heteroatoms. The second-order valence-electron chi connectivity index (χ2n) is 7.16. The minimum Gasteiger partial charge on any atom is -0.493 e. The lowest BCUT2D eigenvalue weighted by molar-refractivity contribution is -0.127. The maximum Gasteiger partial charge on any atom is 0.243 e. The van der Waals surface area contributed by atoms with Crippen LogP contribution < -0.4 is 20.1 Å². The highest BCUT2D eigenvalue weighted by Gasteiger charge is 2.07. The van der Waals surface area contributed by atoms with Crippen molar-refractivity contribution in [2.45, 2.75) is 26.2 Å². The lowest BCUT2D eigenvalue weighted by atomic mass is 10.1. The molecule has 0 atom stereocenters. The lowest BCUT2D eigenvalue weighted by Crippen LogP contribution is -2.40. The van der Waals surface area contributed by atoms with Gasteiger partial charge in [-0.1, -0.05) is 6.07 Å². The van der Waals surface area contributed by atoms with Crippen molar-refractivity contribution < 1.29 is 18.7 Å². The zero-order valence-corrected chi connectivity index (χ0v) is 18.9. The molecule has 1 aromatic heterocycles. The van der Waals surface area contributed by atoms with Crippen LogP contribution in [-0.2, 0) is 17.6 Å². The van der Waals surface area contributed by atoms with Gasteiger partial charge in [-0.25, -0.2) is 4.99 Å². The minimum atomic E-state index is -0.0474. The summed E-state index contributed by atoms with van der Waals surface area (Å²) in [4.78, 5) is 17.8. The van der Waals surface area contributed by atoms with Gasteiger partial charge in [0.1, 0.15) is 12.3 Å². The fourth-order valence-electron chi connectivity index (χ4n) is 2.87. The number of furan rings is 1. The third-order valence-corrected chi connectivity index (χ3v) is 4.58. The molecule has 8 nitrogen and oxygen atoms in total. The third-order valence-electron chi connectivity index (χ3n) is 4.58. The van der Waals surface area contributed by atoms with E-state index in [2.05, 4.69) is 15.6 Å². The van der Waals surface area contributed by atoms with Gasteiger partial charge in [0.2, 0.25) is 5.91 Å². The first-order chi connectivity index (χ1) is 15.0. The van der Waals surface area contributed by atoms with Gasteiger partial charge < -0.3 is 29.4 Å². The van der Waals surface area contributed by atoms with E-state index in [1.54, 1.807) is 27.5 Å². The van der Waals surface area contributed by atoms with Crippen molar-refractivity contribution in [2.75, 3.05) is 47.4 Å². The van der Waals surface area contributed by atoms with Crippen LogP contribution in [-0.4, -0.2) is 64.2 Å². The van der Waals surface area contributed by atoms with Crippen LogP contribution in [0.15, 0.2) is 46.0 Å². The quantitative estimate of drug-likeness (QED) is 0.306. The molecule has 170 valence electrons. The first-order valence-corrected chi connectivity index (χ1v) is 10.6. The van der Waals surface area contributed by atoms with Gasteiger partial charge in [-0.05, 0) is 49.6 Å². The average Bonchev–Trinajstić information content (AvgIpc) is 3.28. The zero-order chi connectivity index (χ0) is 22.5. The Labute approximate surface area is 184 Å². The second kappa shape index (κ2) is 13.2. The lowest BCUT2D eigenvalue weighted by Gasteiger charge is -2.14. The van der Waals surface area contributed by atoms with E-state index in [0.717, 1.165) is 43.1 Å². The number of guanidine groups is 1. The van der Waals surface area contributed by atoms with Crippen LogP contribution in [0.3, 0.4) is 0 Å². The Morgan fingerprint density at radius 1 is 1.13 bits per heavy atom. The van der Waals surface area contributed by atoms with Crippen molar-refractivity contribution in [2.24, 2.45) is 4.99 Å². The number of methoxy groups -OCH3 is 1. The molecule has 0 aliphatic heterocycles. The number of likely N-dealkylation sites (N-methyl/N-ethyl adjacent to an activating group) is 1. The number of hydrogen-bond acceptors (Lipinski definition) is 5. The van der Waals surface area contributed by atoms with Gasteiger partial charge in [-0.2, -0.15) is 0 Å². The summed E-state index contributed by atoms with van der Waals surface area (Å²) in [6, 6.07) is 9.81. The first-order valence-electron chi connectivity index (χ1n) is 10.6. The maximum absolute atomic E-state index is 11.9. The number of nitrogens with one attached hydrogen (secondary N) is 2. The molecule has 0 radical (unpaired) electrons. The van der Waals surface area contributed by atoms with Gasteiger partial charge >= 0.3 is 0 Å². The van der Waals surface area contributed by atoms with Crippen LogP contribution in [0.5, 0.6) is 11.5 Å². The highest BCUT2D eigenvalue weighted by molar-refractivity contribution is 5.84. The van der Waals surface area contributed by atoms with Crippen molar-refractivity contribution >= 4 is 11.9 Å². The SMILES string of the molecule is CCOc1cc(CCCNC(=NCC(=O)N(C)C)NCCc2ccco2)ccc1OC. The molecule has 31 heavy (non-hydrogen) atoms. The predicted octanol–water partition coefficient (Wildman–Crippen LogP) is 2.49. The van der Waals surface area contributed by atoms with Crippen LogP contribution in [0, 0.1) is 0 Å². The van der Waals surface area contributed by atoms with E-state index in [1.807, 2.05) is 37.3 Å². The summed E-state index contributed by atoms with van der Waals surface area (Å²) in [5, 5.41) is 6.57. The number of carbonyl (C=O) groups excluding carboxylic acids is 1. The van der Waals surface area contributed by atoms with Crippen molar-refractivity contribution in [3.05, 3.63) is 47.9 Å². The molecule has 0 saturated carbocycles. The molecule has 2 rings (SSSR count). The van der Waals surface area contributed by atoms with Crippen molar-refractivity contribution in [1.82, 2.24) is 15.5 Å². The van der Waals surface area contributed by atoms with Gasteiger partial charge in [0.25, 0.3) is 0 Å².